The number of nitrogens with one attached hydrogen (secondary N) is 2. The third-order valence-electron chi connectivity index (χ3n) is 6.69. The predicted molar refractivity (Wildman–Crippen MR) is 112 cm³/mol. The summed E-state index contributed by atoms with van der Waals surface area (Å²) in [6, 6.07) is 12.1. The minimum atomic E-state index is -0.354. The number of fused-ring (bicyclic) bond motifs is 1. The quantitative estimate of drug-likeness (QED) is 0.725. The molecule has 0 unspecified atom stereocenters. The summed E-state index contributed by atoms with van der Waals surface area (Å²) in [6.45, 7) is 1.84. The van der Waals surface area contributed by atoms with Crippen molar-refractivity contribution >= 4 is 40.8 Å². The highest BCUT2D eigenvalue weighted by Crippen LogP contribution is 2.57. The van der Waals surface area contributed by atoms with E-state index in [2.05, 4.69) is 10.6 Å². The van der Waals surface area contributed by atoms with Crippen molar-refractivity contribution in [2.24, 2.45) is 23.7 Å². The molecule has 1 aliphatic heterocycles. The Hall–Kier alpha value is -2.86. The number of hydrogen-bond acceptors (Lipinski definition) is 4. The Labute approximate surface area is 178 Å². The largest absolute Gasteiger partial charge is 0.462 e. The number of halogens is 1. The van der Waals surface area contributed by atoms with Crippen molar-refractivity contribution in [3.05, 3.63) is 58.6 Å². The van der Waals surface area contributed by atoms with Crippen LogP contribution in [0.4, 0.5) is 11.4 Å². The van der Waals surface area contributed by atoms with E-state index in [0.717, 1.165) is 18.4 Å². The maximum Gasteiger partial charge on any atom is 0.310 e. The second-order valence-corrected chi connectivity index (χ2v) is 8.77. The van der Waals surface area contributed by atoms with Crippen molar-refractivity contribution in [2.75, 3.05) is 10.6 Å². The van der Waals surface area contributed by atoms with Gasteiger partial charge >= 0.3 is 5.97 Å². The molecule has 3 aliphatic rings. The highest BCUT2D eigenvalue weighted by atomic mass is 35.5. The summed E-state index contributed by atoms with van der Waals surface area (Å²) in [7, 11) is 0. The number of amides is 2. The van der Waals surface area contributed by atoms with Crippen LogP contribution in [0.25, 0.3) is 0 Å². The smallest absolute Gasteiger partial charge is 0.310 e. The minimum Gasteiger partial charge on any atom is -0.462 e. The number of hydrogen-bond donors (Lipinski definition) is 2. The lowest BCUT2D eigenvalue weighted by atomic mass is 9.79. The molecule has 1 saturated heterocycles. The van der Waals surface area contributed by atoms with Gasteiger partial charge in [-0.3, -0.25) is 14.4 Å². The molecule has 6 nitrogen and oxygen atoms in total. The first-order valence-corrected chi connectivity index (χ1v) is 10.5. The summed E-state index contributed by atoms with van der Waals surface area (Å²) in [5.74, 6) is -1.02. The molecule has 2 aliphatic carbocycles. The Morgan fingerprint density at radius 3 is 2.73 bits per heavy atom. The van der Waals surface area contributed by atoms with E-state index in [1.165, 1.54) is 0 Å². The van der Waals surface area contributed by atoms with Gasteiger partial charge in [0.05, 0.1) is 11.8 Å². The van der Waals surface area contributed by atoms with E-state index >= 15 is 0 Å². The van der Waals surface area contributed by atoms with Crippen molar-refractivity contribution in [3.63, 3.8) is 0 Å². The fourth-order valence-electron chi connectivity index (χ4n) is 5.26. The van der Waals surface area contributed by atoms with Crippen LogP contribution in [-0.2, 0) is 14.3 Å². The summed E-state index contributed by atoms with van der Waals surface area (Å²) >= 11 is 6.12. The first-order chi connectivity index (χ1) is 14.4. The van der Waals surface area contributed by atoms with Crippen LogP contribution in [0, 0.1) is 30.6 Å². The minimum absolute atomic E-state index is 0.00137. The van der Waals surface area contributed by atoms with E-state index in [1.54, 1.807) is 42.5 Å². The van der Waals surface area contributed by atoms with E-state index in [1.807, 2.05) is 6.92 Å². The number of ether oxygens (including phenoxy) is 1. The molecule has 30 heavy (non-hydrogen) atoms. The van der Waals surface area contributed by atoms with Crippen molar-refractivity contribution in [1.29, 1.82) is 0 Å². The summed E-state index contributed by atoms with van der Waals surface area (Å²) in [5.41, 5.74) is 2.37. The number of benzene rings is 2. The number of esters is 1. The molecule has 2 aromatic carbocycles. The average Bonchev–Trinajstić information content (AvgIpc) is 3.34. The van der Waals surface area contributed by atoms with Gasteiger partial charge in [-0.05, 0) is 61.6 Å². The highest BCUT2D eigenvalue weighted by Gasteiger charge is 2.63. The standard InChI is InChI=1S/C23H21ClN2O4/c1-11-16(24)6-3-7-17(11)26-21(27)12-4-2-5-14(8-12)25-22(28)19-13-9-15-18(10-13)30-23(29)20(15)19/h2-8,13,15,18-20H,9-10H2,1H3,(H,25,28)(H,26,27)/t13-,15+,18-,19+,20+/m0/s1. The van der Waals surface area contributed by atoms with Crippen molar-refractivity contribution < 1.29 is 19.1 Å². The lowest BCUT2D eigenvalue weighted by molar-refractivity contribution is -0.145. The van der Waals surface area contributed by atoms with E-state index in [0.29, 0.717) is 22.0 Å². The van der Waals surface area contributed by atoms with E-state index in [9.17, 15) is 14.4 Å². The topological polar surface area (TPSA) is 84.5 Å². The van der Waals surface area contributed by atoms with Gasteiger partial charge < -0.3 is 15.4 Å². The van der Waals surface area contributed by atoms with Crippen LogP contribution in [0.15, 0.2) is 42.5 Å². The summed E-state index contributed by atoms with van der Waals surface area (Å²) in [5, 5.41) is 6.34. The molecule has 3 fully saturated rings. The van der Waals surface area contributed by atoms with Crippen LogP contribution in [-0.4, -0.2) is 23.9 Å². The summed E-state index contributed by atoms with van der Waals surface area (Å²) < 4.78 is 5.41. The molecular formula is C23H21ClN2O4. The number of carbonyl (C=O) groups is 3. The first kappa shape index (κ1) is 19.1. The predicted octanol–water partition coefficient (Wildman–Crippen LogP) is 4.04. The van der Waals surface area contributed by atoms with Crippen LogP contribution in [0.5, 0.6) is 0 Å². The first-order valence-electron chi connectivity index (χ1n) is 10.1. The van der Waals surface area contributed by atoms with Gasteiger partial charge in [-0.15, -0.1) is 0 Å². The van der Waals surface area contributed by atoms with Crippen molar-refractivity contribution in [2.45, 2.75) is 25.9 Å². The third kappa shape index (κ3) is 3.06. The Morgan fingerprint density at radius 2 is 1.90 bits per heavy atom. The molecule has 2 aromatic rings. The van der Waals surface area contributed by atoms with Gasteiger partial charge in [-0.2, -0.15) is 0 Å². The number of rotatable bonds is 4. The second kappa shape index (κ2) is 7.13. The van der Waals surface area contributed by atoms with Gasteiger partial charge in [0.2, 0.25) is 5.91 Å². The maximum absolute atomic E-state index is 13.0. The zero-order chi connectivity index (χ0) is 21.0. The molecule has 2 bridgehead atoms. The van der Waals surface area contributed by atoms with Gasteiger partial charge in [-0.25, -0.2) is 0 Å². The Balaban J connectivity index is 1.31. The molecule has 0 spiro atoms. The molecule has 2 N–H and O–H groups in total. The molecule has 0 aromatic heterocycles. The number of anilines is 2. The molecule has 2 amide bonds. The number of carbonyl (C=O) groups excluding carboxylic acids is 3. The van der Waals surface area contributed by atoms with Gasteiger partial charge in [0.1, 0.15) is 6.10 Å². The van der Waals surface area contributed by atoms with Gasteiger partial charge in [0.25, 0.3) is 5.91 Å². The molecule has 154 valence electrons. The summed E-state index contributed by atoms with van der Waals surface area (Å²) in [6.07, 6.45) is 1.64. The van der Waals surface area contributed by atoms with Crippen LogP contribution in [0.1, 0.15) is 28.8 Å². The Morgan fingerprint density at radius 1 is 1.10 bits per heavy atom. The average molecular weight is 425 g/mol. The normalized spacial score (nSPS) is 28.3. The van der Waals surface area contributed by atoms with E-state index in [4.69, 9.17) is 16.3 Å². The van der Waals surface area contributed by atoms with Gasteiger partial charge in [0, 0.05) is 27.9 Å². The lowest BCUT2D eigenvalue weighted by Crippen LogP contribution is -2.35. The van der Waals surface area contributed by atoms with E-state index in [-0.39, 0.29) is 47.6 Å². The monoisotopic (exact) mass is 424 g/mol. The highest BCUT2D eigenvalue weighted by molar-refractivity contribution is 6.31. The summed E-state index contributed by atoms with van der Waals surface area (Å²) in [4.78, 5) is 37.8. The van der Waals surface area contributed by atoms with Crippen LogP contribution < -0.4 is 10.6 Å². The fourth-order valence-corrected chi connectivity index (χ4v) is 5.44. The van der Waals surface area contributed by atoms with Crippen LogP contribution in [0.2, 0.25) is 5.02 Å². The third-order valence-corrected chi connectivity index (χ3v) is 7.10. The molecule has 5 rings (SSSR count). The van der Waals surface area contributed by atoms with Crippen LogP contribution >= 0.6 is 11.6 Å². The zero-order valence-electron chi connectivity index (χ0n) is 16.4. The molecule has 7 heteroatoms. The molecule has 2 saturated carbocycles. The zero-order valence-corrected chi connectivity index (χ0v) is 17.1. The van der Waals surface area contributed by atoms with Crippen LogP contribution in [0.3, 0.4) is 0 Å². The molecular weight excluding hydrogens is 404 g/mol. The maximum atomic E-state index is 13.0. The lowest BCUT2D eigenvalue weighted by Gasteiger charge is -2.23. The van der Waals surface area contributed by atoms with Crippen molar-refractivity contribution in [1.82, 2.24) is 0 Å². The molecule has 1 heterocycles. The van der Waals surface area contributed by atoms with Gasteiger partial charge in [-0.1, -0.05) is 23.7 Å². The van der Waals surface area contributed by atoms with Gasteiger partial charge in [0.15, 0.2) is 0 Å². The second-order valence-electron chi connectivity index (χ2n) is 8.36. The Bertz CT molecular complexity index is 1070. The SMILES string of the molecule is Cc1c(Cl)cccc1NC(=O)c1cccc(NC(=O)[C@@H]2[C@H]3C[C@H]4[C@H]2C(=O)O[C@H]4C3)c1. The molecule has 0 radical (unpaired) electrons. The Kier molecular flexibility index (Phi) is 4.54. The van der Waals surface area contributed by atoms with Crippen molar-refractivity contribution in [3.8, 4) is 0 Å². The fraction of sp³-hybridized carbons (Fsp3) is 0.348. The van der Waals surface area contributed by atoms with E-state index < -0.39 is 0 Å². The molecule has 5 atom stereocenters.